The Kier molecular flexibility index (Phi) is 3.51. The molecule has 0 saturated heterocycles. The highest BCUT2D eigenvalue weighted by atomic mass is 32.1. The van der Waals surface area contributed by atoms with Gasteiger partial charge in [0, 0.05) is 5.39 Å². The van der Waals surface area contributed by atoms with Crippen molar-refractivity contribution in [2.45, 2.75) is 26.7 Å². The van der Waals surface area contributed by atoms with E-state index in [1.165, 1.54) is 16.9 Å². The lowest BCUT2D eigenvalue weighted by Crippen LogP contribution is -1.97. The van der Waals surface area contributed by atoms with Crippen molar-refractivity contribution in [2.24, 2.45) is 0 Å². The lowest BCUT2D eigenvalue weighted by atomic mass is 10.2. The molecule has 3 rings (SSSR count). The van der Waals surface area contributed by atoms with Crippen molar-refractivity contribution >= 4 is 27.5 Å². The van der Waals surface area contributed by atoms with Crippen LogP contribution in [0.2, 0.25) is 0 Å². The lowest BCUT2D eigenvalue weighted by Gasteiger charge is -2.02. The fourth-order valence-corrected chi connectivity index (χ4v) is 3.35. The summed E-state index contributed by atoms with van der Waals surface area (Å²) in [6, 6.07) is 9.84. The Morgan fingerprint density at radius 1 is 1.33 bits per heavy atom. The minimum absolute atomic E-state index is 0.362. The minimum Gasteiger partial charge on any atom is -0.477 e. The smallest absolute Gasteiger partial charge is 0.345 e. The van der Waals surface area contributed by atoms with Crippen LogP contribution in [-0.2, 0) is 6.42 Å². The van der Waals surface area contributed by atoms with Crippen LogP contribution in [0.5, 0.6) is 0 Å². The number of benzene rings is 1. The third kappa shape index (κ3) is 2.45. The Bertz CT molecular complexity index is 800. The van der Waals surface area contributed by atoms with Gasteiger partial charge in [-0.05, 0) is 31.5 Å². The number of carboxylic acids is 1. The number of aryl methyl sites for hydroxylation is 2. The van der Waals surface area contributed by atoms with E-state index in [-0.39, 0.29) is 0 Å². The molecule has 0 bridgehead atoms. The van der Waals surface area contributed by atoms with Gasteiger partial charge in [-0.1, -0.05) is 31.0 Å². The highest BCUT2D eigenvalue weighted by Gasteiger charge is 2.17. The van der Waals surface area contributed by atoms with Gasteiger partial charge in [-0.3, -0.25) is 0 Å². The number of carboxylic acid groups (broad SMARTS) is 1. The van der Waals surface area contributed by atoms with Gasteiger partial charge in [-0.25, -0.2) is 9.48 Å². The average molecular weight is 300 g/mol. The van der Waals surface area contributed by atoms with Gasteiger partial charge in [0.25, 0.3) is 0 Å². The largest absolute Gasteiger partial charge is 0.477 e. The predicted molar refractivity (Wildman–Crippen MR) is 84.6 cm³/mol. The van der Waals surface area contributed by atoms with Crippen LogP contribution >= 0.6 is 11.3 Å². The summed E-state index contributed by atoms with van der Waals surface area (Å²) in [7, 11) is 0. The molecule has 0 unspecified atom stereocenters. The average Bonchev–Trinajstić information content (AvgIpc) is 3.01. The molecule has 2 aromatic heterocycles. The SMILES string of the molecule is CCCc1nn(-c2ccc(C)cc2)c2sc(C(=O)O)cc12. The van der Waals surface area contributed by atoms with Gasteiger partial charge in [0.2, 0.25) is 0 Å². The monoisotopic (exact) mass is 300 g/mol. The summed E-state index contributed by atoms with van der Waals surface area (Å²) >= 11 is 1.28. The van der Waals surface area contributed by atoms with E-state index in [0.717, 1.165) is 34.4 Å². The second-order valence-corrected chi connectivity index (χ2v) is 6.11. The highest BCUT2D eigenvalue weighted by molar-refractivity contribution is 7.20. The number of fused-ring (bicyclic) bond motifs is 1. The molecular weight excluding hydrogens is 284 g/mol. The van der Waals surface area contributed by atoms with Crippen molar-refractivity contribution in [3.05, 3.63) is 46.5 Å². The molecule has 0 fully saturated rings. The van der Waals surface area contributed by atoms with Crippen LogP contribution in [-0.4, -0.2) is 20.9 Å². The summed E-state index contributed by atoms with van der Waals surface area (Å²) in [5, 5.41) is 14.8. The van der Waals surface area contributed by atoms with Crippen molar-refractivity contribution in [1.82, 2.24) is 9.78 Å². The van der Waals surface area contributed by atoms with Crippen molar-refractivity contribution in [1.29, 1.82) is 0 Å². The van der Waals surface area contributed by atoms with E-state index in [1.807, 2.05) is 35.9 Å². The molecule has 0 aliphatic heterocycles. The predicted octanol–water partition coefficient (Wildman–Crippen LogP) is 4.05. The van der Waals surface area contributed by atoms with Crippen molar-refractivity contribution in [2.75, 3.05) is 0 Å². The zero-order valence-corrected chi connectivity index (χ0v) is 12.8. The first-order valence-corrected chi connectivity index (χ1v) is 7.73. The maximum Gasteiger partial charge on any atom is 0.345 e. The topological polar surface area (TPSA) is 55.1 Å². The molecular formula is C16H16N2O2S. The second-order valence-electron chi connectivity index (χ2n) is 5.08. The number of hydrogen-bond acceptors (Lipinski definition) is 3. The molecule has 3 aromatic rings. The molecule has 1 N–H and O–H groups in total. The van der Waals surface area contributed by atoms with E-state index < -0.39 is 5.97 Å². The van der Waals surface area contributed by atoms with Crippen LogP contribution < -0.4 is 0 Å². The number of rotatable bonds is 4. The van der Waals surface area contributed by atoms with E-state index in [2.05, 4.69) is 12.0 Å². The fraction of sp³-hybridized carbons (Fsp3) is 0.250. The van der Waals surface area contributed by atoms with E-state index in [0.29, 0.717) is 4.88 Å². The van der Waals surface area contributed by atoms with Gasteiger partial charge >= 0.3 is 5.97 Å². The summed E-state index contributed by atoms with van der Waals surface area (Å²) in [6.07, 6.45) is 1.84. The molecule has 0 radical (unpaired) electrons. The van der Waals surface area contributed by atoms with Crippen molar-refractivity contribution in [3.8, 4) is 5.69 Å². The van der Waals surface area contributed by atoms with Gasteiger partial charge in [0.05, 0.1) is 11.4 Å². The molecule has 2 heterocycles. The van der Waals surface area contributed by atoms with Crippen LogP contribution in [0.1, 0.15) is 34.3 Å². The maximum absolute atomic E-state index is 11.2. The van der Waals surface area contributed by atoms with E-state index >= 15 is 0 Å². The summed E-state index contributed by atoms with van der Waals surface area (Å²) in [6.45, 7) is 4.14. The molecule has 0 amide bonds. The zero-order valence-electron chi connectivity index (χ0n) is 12.0. The molecule has 5 heteroatoms. The zero-order chi connectivity index (χ0) is 15.0. The molecule has 0 aliphatic rings. The normalized spacial score (nSPS) is 11.1. The summed E-state index contributed by atoms with van der Waals surface area (Å²) in [4.78, 5) is 12.5. The van der Waals surface area contributed by atoms with Gasteiger partial charge in [0.1, 0.15) is 9.71 Å². The van der Waals surface area contributed by atoms with E-state index in [4.69, 9.17) is 0 Å². The standard InChI is InChI=1S/C16H16N2O2S/c1-3-4-13-12-9-14(16(19)20)21-15(12)18(17-13)11-7-5-10(2)6-8-11/h5-9H,3-4H2,1-2H3,(H,19,20). The third-order valence-electron chi connectivity index (χ3n) is 3.41. The lowest BCUT2D eigenvalue weighted by molar-refractivity contribution is 0.0702. The Labute approximate surface area is 126 Å². The van der Waals surface area contributed by atoms with Gasteiger partial charge in [-0.15, -0.1) is 11.3 Å². The van der Waals surface area contributed by atoms with Crippen LogP contribution in [0.15, 0.2) is 30.3 Å². The first-order valence-electron chi connectivity index (χ1n) is 6.92. The van der Waals surface area contributed by atoms with Gasteiger partial charge < -0.3 is 5.11 Å². The number of aromatic nitrogens is 2. The van der Waals surface area contributed by atoms with Gasteiger partial charge in [0.15, 0.2) is 0 Å². The molecule has 108 valence electrons. The molecule has 0 spiro atoms. The van der Waals surface area contributed by atoms with Crippen LogP contribution in [0.3, 0.4) is 0 Å². The van der Waals surface area contributed by atoms with Crippen LogP contribution in [0, 0.1) is 6.92 Å². The molecule has 4 nitrogen and oxygen atoms in total. The molecule has 21 heavy (non-hydrogen) atoms. The minimum atomic E-state index is -0.880. The Morgan fingerprint density at radius 3 is 2.67 bits per heavy atom. The number of aromatic carboxylic acids is 1. The first-order chi connectivity index (χ1) is 10.1. The van der Waals surface area contributed by atoms with Crippen molar-refractivity contribution in [3.63, 3.8) is 0 Å². The molecule has 1 aromatic carbocycles. The third-order valence-corrected chi connectivity index (χ3v) is 4.51. The Hall–Kier alpha value is -2.14. The number of thiophene rings is 1. The Morgan fingerprint density at radius 2 is 2.05 bits per heavy atom. The van der Waals surface area contributed by atoms with E-state index in [1.54, 1.807) is 6.07 Å². The summed E-state index contributed by atoms with van der Waals surface area (Å²) in [5.74, 6) is -0.880. The summed E-state index contributed by atoms with van der Waals surface area (Å²) < 4.78 is 1.86. The van der Waals surface area contributed by atoms with Crippen LogP contribution in [0.4, 0.5) is 0 Å². The van der Waals surface area contributed by atoms with Crippen LogP contribution in [0.25, 0.3) is 15.9 Å². The fourth-order valence-electron chi connectivity index (χ4n) is 2.35. The number of nitrogens with zero attached hydrogens (tertiary/aromatic N) is 2. The second kappa shape index (κ2) is 5.33. The first kappa shape index (κ1) is 13.8. The summed E-state index contributed by atoms with van der Waals surface area (Å²) in [5.41, 5.74) is 3.12. The Balaban J connectivity index is 2.21. The van der Waals surface area contributed by atoms with E-state index in [9.17, 15) is 9.90 Å². The molecule has 0 saturated carbocycles. The van der Waals surface area contributed by atoms with Crippen molar-refractivity contribution < 1.29 is 9.90 Å². The number of carbonyl (C=O) groups is 1. The molecule has 0 aliphatic carbocycles. The molecule has 0 atom stereocenters. The number of hydrogen-bond donors (Lipinski definition) is 1. The quantitative estimate of drug-likeness (QED) is 0.791. The maximum atomic E-state index is 11.2. The van der Waals surface area contributed by atoms with Gasteiger partial charge in [-0.2, -0.15) is 5.10 Å². The highest BCUT2D eigenvalue weighted by Crippen LogP contribution is 2.31.